The summed E-state index contributed by atoms with van der Waals surface area (Å²) in [7, 11) is 0. The first-order valence-electron chi connectivity index (χ1n) is 6.28. The van der Waals surface area contributed by atoms with Crippen LogP contribution in [-0.4, -0.2) is 11.8 Å². The van der Waals surface area contributed by atoms with Gasteiger partial charge in [-0.25, -0.2) is 0 Å². The number of ketones is 1. The summed E-state index contributed by atoms with van der Waals surface area (Å²) in [5.41, 5.74) is 6.71. The van der Waals surface area contributed by atoms with Crippen molar-refractivity contribution in [3.05, 3.63) is 33.8 Å². The topological polar surface area (TPSA) is 43.1 Å². The molecule has 2 N–H and O–H groups in total. The lowest BCUT2D eigenvalue weighted by Crippen LogP contribution is -2.30. The Bertz CT molecular complexity index is 439. The van der Waals surface area contributed by atoms with E-state index in [4.69, 9.17) is 28.9 Å². The van der Waals surface area contributed by atoms with E-state index < -0.39 is 0 Å². The van der Waals surface area contributed by atoms with Gasteiger partial charge in [-0.05, 0) is 43.4 Å². The molecule has 1 fully saturated rings. The third-order valence-corrected chi connectivity index (χ3v) is 4.19. The van der Waals surface area contributed by atoms with Gasteiger partial charge in [0.25, 0.3) is 0 Å². The third kappa shape index (κ3) is 3.47. The minimum Gasteiger partial charge on any atom is -0.328 e. The van der Waals surface area contributed by atoms with Crippen molar-refractivity contribution < 1.29 is 4.79 Å². The third-order valence-electron chi connectivity index (χ3n) is 3.61. The van der Waals surface area contributed by atoms with Gasteiger partial charge in [-0.3, -0.25) is 4.79 Å². The molecule has 0 bridgehead atoms. The summed E-state index contributed by atoms with van der Waals surface area (Å²) in [6.45, 7) is 0. The first kappa shape index (κ1) is 13.9. The van der Waals surface area contributed by atoms with Crippen LogP contribution >= 0.6 is 23.2 Å². The Morgan fingerprint density at radius 2 is 1.89 bits per heavy atom. The summed E-state index contributed by atoms with van der Waals surface area (Å²) in [4.78, 5) is 12.2. The highest BCUT2D eigenvalue weighted by atomic mass is 35.5. The molecule has 0 unspecified atom stereocenters. The summed E-state index contributed by atoms with van der Waals surface area (Å²) in [5.74, 6) is 0.419. The van der Waals surface area contributed by atoms with E-state index >= 15 is 0 Å². The molecule has 0 radical (unpaired) electrons. The van der Waals surface area contributed by atoms with E-state index in [1.165, 1.54) is 0 Å². The summed E-state index contributed by atoms with van der Waals surface area (Å²) >= 11 is 11.9. The molecule has 1 aromatic carbocycles. The summed E-state index contributed by atoms with van der Waals surface area (Å²) in [6.07, 6.45) is 4.11. The zero-order valence-electron chi connectivity index (χ0n) is 10.2. The first-order chi connectivity index (χ1) is 8.56. The van der Waals surface area contributed by atoms with Crippen LogP contribution in [0.3, 0.4) is 0 Å². The molecule has 0 aliphatic heterocycles. The number of carbonyl (C=O) groups excluding carboxylic acids is 1. The van der Waals surface area contributed by atoms with E-state index in [9.17, 15) is 4.79 Å². The smallest absolute Gasteiger partial charge is 0.140 e. The number of carbonyl (C=O) groups is 1. The van der Waals surface area contributed by atoms with E-state index in [0.717, 1.165) is 31.2 Å². The summed E-state index contributed by atoms with van der Waals surface area (Å²) in [6, 6.07) is 5.56. The maximum Gasteiger partial charge on any atom is 0.140 e. The molecule has 98 valence electrons. The lowest BCUT2D eigenvalue weighted by molar-refractivity contribution is -0.123. The molecule has 4 heteroatoms. The molecule has 1 aliphatic carbocycles. The van der Waals surface area contributed by atoms with Gasteiger partial charge in [0.05, 0.1) is 0 Å². The predicted octanol–water partition coefficient (Wildman–Crippen LogP) is 3.62. The van der Waals surface area contributed by atoms with Crippen molar-refractivity contribution in [1.82, 2.24) is 0 Å². The molecule has 0 heterocycles. The molecular formula is C14H17Cl2NO. The highest BCUT2D eigenvalue weighted by Crippen LogP contribution is 2.27. The maximum atomic E-state index is 12.2. The number of halogens is 2. The number of Topliss-reactive ketones (excluding diaryl/α,β-unsaturated/α-hetero) is 1. The quantitative estimate of drug-likeness (QED) is 0.922. The molecule has 0 spiro atoms. The molecule has 2 nitrogen and oxygen atoms in total. The molecule has 1 saturated carbocycles. The second kappa shape index (κ2) is 6.05. The van der Waals surface area contributed by atoms with Gasteiger partial charge < -0.3 is 5.73 Å². The van der Waals surface area contributed by atoms with Gasteiger partial charge in [-0.1, -0.05) is 29.3 Å². The van der Waals surface area contributed by atoms with Crippen molar-refractivity contribution in [2.24, 2.45) is 11.7 Å². The van der Waals surface area contributed by atoms with Gasteiger partial charge in [-0.2, -0.15) is 0 Å². The Labute approximate surface area is 117 Å². The fourth-order valence-corrected chi connectivity index (χ4v) is 2.91. The Morgan fingerprint density at radius 1 is 1.22 bits per heavy atom. The van der Waals surface area contributed by atoms with Crippen LogP contribution in [0.25, 0.3) is 0 Å². The van der Waals surface area contributed by atoms with Crippen LogP contribution < -0.4 is 5.73 Å². The number of rotatable bonds is 3. The van der Waals surface area contributed by atoms with Gasteiger partial charge in [0.15, 0.2) is 0 Å². The highest BCUT2D eigenvalue weighted by molar-refractivity contribution is 6.35. The van der Waals surface area contributed by atoms with E-state index in [1.54, 1.807) is 12.1 Å². The highest BCUT2D eigenvalue weighted by Gasteiger charge is 2.24. The van der Waals surface area contributed by atoms with Crippen LogP contribution in [0.1, 0.15) is 31.2 Å². The summed E-state index contributed by atoms with van der Waals surface area (Å²) < 4.78 is 0. The first-order valence-corrected chi connectivity index (χ1v) is 7.04. The van der Waals surface area contributed by atoms with Crippen LogP contribution in [0.2, 0.25) is 10.0 Å². The largest absolute Gasteiger partial charge is 0.328 e. The number of hydrogen-bond donors (Lipinski definition) is 1. The van der Waals surface area contributed by atoms with E-state index in [0.29, 0.717) is 16.5 Å². The number of benzene rings is 1. The molecule has 2 rings (SSSR count). The Morgan fingerprint density at radius 3 is 2.50 bits per heavy atom. The van der Waals surface area contributed by atoms with Crippen molar-refractivity contribution >= 4 is 29.0 Å². The molecule has 0 atom stereocenters. The lowest BCUT2D eigenvalue weighted by Gasteiger charge is -2.25. The van der Waals surface area contributed by atoms with Crippen molar-refractivity contribution in [2.45, 2.75) is 38.1 Å². The number of nitrogens with two attached hydrogens (primary N) is 1. The Hall–Kier alpha value is -0.570. The predicted molar refractivity (Wildman–Crippen MR) is 75.1 cm³/mol. The van der Waals surface area contributed by atoms with E-state index in [2.05, 4.69) is 0 Å². The zero-order valence-corrected chi connectivity index (χ0v) is 11.7. The molecule has 1 aliphatic rings. The van der Waals surface area contributed by atoms with Gasteiger partial charge >= 0.3 is 0 Å². The normalized spacial score (nSPS) is 23.9. The van der Waals surface area contributed by atoms with Crippen LogP contribution in [0.15, 0.2) is 18.2 Å². The van der Waals surface area contributed by atoms with Crippen LogP contribution in [-0.2, 0) is 11.2 Å². The lowest BCUT2D eigenvalue weighted by atomic mass is 9.82. The second-order valence-electron chi connectivity index (χ2n) is 4.99. The minimum absolute atomic E-state index is 0.150. The molecule has 1 aromatic rings. The van der Waals surface area contributed by atoms with Gasteiger partial charge in [0.1, 0.15) is 5.78 Å². The van der Waals surface area contributed by atoms with Gasteiger partial charge in [-0.15, -0.1) is 0 Å². The average Bonchev–Trinajstić information content (AvgIpc) is 2.33. The van der Waals surface area contributed by atoms with E-state index in [1.807, 2.05) is 6.07 Å². The van der Waals surface area contributed by atoms with Crippen LogP contribution in [0, 0.1) is 5.92 Å². The van der Waals surface area contributed by atoms with Gasteiger partial charge in [0, 0.05) is 28.4 Å². The standard InChI is InChI=1S/C14H17Cl2NO/c15-11-4-1-10(13(16)8-11)7-14(18)9-2-5-12(17)6-3-9/h1,4,8-9,12H,2-3,5-7,17H2. The van der Waals surface area contributed by atoms with Crippen molar-refractivity contribution in [3.8, 4) is 0 Å². The molecule has 0 saturated heterocycles. The fraction of sp³-hybridized carbons (Fsp3) is 0.500. The molecule has 0 amide bonds. The average molecular weight is 286 g/mol. The molecular weight excluding hydrogens is 269 g/mol. The van der Waals surface area contributed by atoms with Crippen LogP contribution in [0.5, 0.6) is 0 Å². The van der Waals surface area contributed by atoms with Crippen molar-refractivity contribution in [3.63, 3.8) is 0 Å². The minimum atomic E-state index is 0.150. The SMILES string of the molecule is NC1CCC(C(=O)Cc2ccc(Cl)cc2Cl)CC1. The van der Waals surface area contributed by atoms with E-state index in [-0.39, 0.29) is 17.7 Å². The summed E-state index contributed by atoms with van der Waals surface area (Å²) in [5, 5.41) is 1.17. The van der Waals surface area contributed by atoms with Crippen molar-refractivity contribution in [2.75, 3.05) is 0 Å². The second-order valence-corrected chi connectivity index (χ2v) is 5.83. The molecule has 18 heavy (non-hydrogen) atoms. The monoisotopic (exact) mass is 285 g/mol. The van der Waals surface area contributed by atoms with Gasteiger partial charge in [0.2, 0.25) is 0 Å². The fourth-order valence-electron chi connectivity index (χ4n) is 2.44. The number of hydrogen-bond acceptors (Lipinski definition) is 2. The molecule has 0 aromatic heterocycles. The maximum absolute atomic E-state index is 12.2. The van der Waals surface area contributed by atoms with Crippen LogP contribution in [0.4, 0.5) is 0 Å². The Kier molecular flexibility index (Phi) is 4.66. The van der Waals surface area contributed by atoms with Crippen molar-refractivity contribution in [1.29, 1.82) is 0 Å². The zero-order chi connectivity index (χ0) is 13.1. The Balaban J connectivity index is 1.98.